The van der Waals surface area contributed by atoms with Crippen LogP contribution in [0.1, 0.15) is 27.9 Å². The van der Waals surface area contributed by atoms with Crippen LogP contribution in [-0.2, 0) is 17.1 Å². The van der Waals surface area contributed by atoms with E-state index in [2.05, 4.69) is 5.10 Å². The number of rotatable bonds is 3. The number of benzene rings is 1. The van der Waals surface area contributed by atoms with Gasteiger partial charge in [0.25, 0.3) is 5.91 Å². The Balaban J connectivity index is 1.75. The van der Waals surface area contributed by atoms with Crippen LogP contribution < -0.4 is 0 Å². The van der Waals surface area contributed by atoms with Crippen LogP contribution >= 0.6 is 0 Å². The fourth-order valence-corrected chi connectivity index (χ4v) is 4.75. The van der Waals surface area contributed by atoms with Crippen molar-refractivity contribution < 1.29 is 13.2 Å². The first-order valence-electron chi connectivity index (χ1n) is 8.64. The van der Waals surface area contributed by atoms with Crippen LogP contribution in [0.5, 0.6) is 0 Å². The van der Waals surface area contributed by atoms with E-state index in [1.807, 2.05) is 32.0 Å². The molecule has 2 aromatic rings. The molecule has 1 aromatic carbocycles. The molecule has 7 nitrogen and oxygen atoms in total. The maximum absolute atomic E-state index is 12.8. The quantitative estimate of drug-likeness (QED) is 0.815. The highest BCUT2D eigenvalue weighted by Crippen LogP contribution is 2.18. The zero-order valence-electron chi connectivity index (χ0n) is 15.3. The normalized spacial score (nSPS) is 16.5. The van der Waals surface area contributed by atoms with Gasteiger partial charge in [-0.15, -0.1) is 0 Å². The molecule has 1 fully saturated rings. The van der Waals surface area contributed by atoms with E-state index >= 15 is 0 Å². The van der Waals surface area contributed by atoms with E-state index in [-0.39, 0.29) is 17.3 Å². The lowest BCUT2D eigenvalue weighted by Gasteiger charge is -2.22. The van der Waals surface area contributed by atoms with Gasteiger partial charge in [0.15, 0.2) is 0 Å². The smallest absolute Gasteiger partial charge is 0.253 e. The monoisotopic (exact) mass is 376 g/mol. The molecule has 1 aliphatic rings. The molecule has 0 spiro atoms. The summed E-state index contributed by atoms with van der Waals surface area (Å²) in [5.74, 6) is -0.0441. The van der Waals surface area contributed by atoms with E-state index in [1.165, 1.54) is 21.4 Å². The Bertz CT molecular complexity index is 900. The molecule has 0 radical (unpaired) electrons. The minimum absolute atomic E-state index is 0.0441. The maximum atomic E-state index is 12.8. The zero-order chi connectivity index (χ0) is 18.9. The summed E-state index contributed by atoms with van der Waals surface area (Å²) in [5.41, 5.74) is 2.75. The molecule has 1 aromatic heterocycles. The summed E-state index contributed by atoms with van der Waals surface area (Å²) in [4.78, 5) is 14.8. The van der Waals surface area contributed by atoms with Crippen LogP contribution in [0.25, 0.3) is 0 Å². The van der Waals surface area contributed by atoms with Crippen molar-refractivity contribution >= 4 is 15.9 Å². The van der Waals surface area contributed by atoms with Crippen LogP contribution in [-0.4, -0.2) is 59.5 Å². The molecule has 8 heteroatoms. The van der Waals surface area contributed by atoms with Gasteiger partial charge in [0.2, 0.25) is 10.0 Å². The second-order valence-corrected chi connectivity index (χ2v) is 8.71. The highest BCUT2D eigenvalue weighted by molar-refractivity contribution is 7.89. The summed E-state index contributed by atoms with van der Waals surface area (Å²) in [7, 11) is -1.89. The van der Waals surface area contributed by atoms with Gasteiger partial charge in [0.1, 0.15) is 4.90 Å². The Hall–Kier alpha value is -2.19. The lowest BCUT2D eigenvalue weighted by molar-refractivity contribution is 0.0764. The topological polar surface area (TPSA) is 75.5 Å². The lowest BCUT2D eigenvalue weighted by Crippen LogP contribution is -2.37. The Morgan fingerprint density at radius 1 is 1.04 bits per heavy atom. The first kappa shape index (κ1) is 18.6. The Kier molecular flexibility index (Phi) is 5.15. The van der Waals surface area contributed by atoms with Crippen molar-refractivity contribution in [3.05, 3.63) is 47.3 Å². The fraction of sp³-hybridized carbons (Fsp3) is 0.444. The minimum atomic E-state index is -3.58. The van der Waals surface area contributed by atoms with E-state index in [0.717, 1.165) is 11.1 Å². The van der Waals surface area contributed by atoms with Gasteiger partial charge in [-0.25, -0.2) is 8.42 Å². The van der Waals surface area contributed by atoms with Crippen LogP contribution in [0.4, 0.5) is 0 Å². The molecule has 140 valence electrons. The molecule has 0 unspecified atom stereocenters. The third-order valence-electron chi connectivity index (χ3n) is 4.53. The first-order valence-corrected chi connectivity index (χ1v) is 10.1. The SMILES string of the molecule is Cc1cc(C)cc(C(=O)N2CCCN(S(=O)(=O)c3cnn(C)c3)CC2)c1. The summed E-state index contributed by atoms with van der Waals surface area (Å²) in [6.07, 6.45) is 3.47. The number of carbonyl (C=O) groups is 1. The van der Waals surface area contributed by atoms with Gasteiger partial charge in [0.05, 0.1) is 6.20 Å². The lowest BCUT2D eigenvalue weighted by atomic mass is 10.1. The number of carbonyl (C=O) groups excluding carboxylic acids is 1. The van der Waals surface area contributed by atoms with E-state index in [1.54, 1.807) is 11.9 Å². The largest absolute Gasteiger partial charge is 0.337 e. The average Bonchev–Trinajstić information content (AvgIpc) is 2.87. The highest BCUT2D eigenvalue weighted by atomic mass is 32.2. The van der Waals surface area contributed by atoms with E-state index < -0.39 is 10.0 Å². The maximum Gasteiger partial charge on any atom is 0.253 e. The summed E-state index contributed by atoms with van der Waals surface area (Å²) >= 11 is 0. The van der Waals surface area contributed by atoms with Gasteiger partial charge < -0.3 is 4.90 Å². The van der Waals surface area contributed by atoms with Gasteiger partial charge in [0, 0.05) is 45.0 Å². The number of hydrogen-bond acceptors (Lipinski definition) is 4. The van der Waals surface area contributed by atoms with Crippen molar-refractivity contribution in [1.29, 1.82) is 0 Å². The molecule has 26 heavy (non-hydrogen) atoms. The number of aromatic nitrogens is 2. The number of aryl methyl sites for hydroxylation is 3. The summed E-state index contributed by atoms with van der Waals surface area (Å²) in [6.45, 7) is 5.54. The van der Waals surface area contributed by atoms with Crippen molar-refractivity contribution in [1.82, 2.24) is 19.0 Å². The molecule has 3 rings (SSSR count). The van der Waals surface area contributed by atoms with E-state index in [0.29, 0.717) is 31.6 Å². The third-order valence-corrected chi connectivity index (χ3v) is 6.38. The molecule has 0 aliphatic carbocycles. The third kappa shape index (κ3) is 3.81. The molecule has 0 atom stereocenters. The molecule has 1 saturated heterocycles. The summed E-state index contributed by atoms with van der Waals surface area (Å²) in [6, 6.07) is 5.79. The Morgan fingerprint density at radius 3 is 2.35 bits per heavy atom. The van der Waals surface area contributed by atoms with Crippen LogP contribution in [0.2, 0.25) is 0 Å². The second kappa shape index (κ2) is 7.20. The number of sulfonamides is 1. The molecule has 1 amide bonds. The predicted octanol–water partition coefficient (Wildman–Crippen LogP) is 1.57. The van der Waals surface area contributed by atoms with Gasteiger partial charge in [-0.05, 0) is 32.4 Å². The van der Waals surface area contributed by atoms with Crippen molar-refractivity contribution in [2.45, 2.75) is 25.2 Å². The van der Waals surface area contributed by atoms with Crippen molar-refractivity contribution in [2.75, 3.05) is 26.2 Å². The van der Waals surface area contributed by atoms with Crippen LogP contribution in [0.15, 0.2) is 35.5 Å². The van der Waals surface area contributed by atoms with Crippen LogP contribution in [0.3, 0.4) is 0 Å². The standard InChI is InChI=1S/C18H24N4O3S/c1-14-9-15(2)11-16(10-14)18(23)21-5-4-6-22(8-7-21)26(24,25)17-12-19-20(3)13-17/h9-13H,4-8H2,1-3H3. The summed E-state index contributed by atoms with van der Waals surface area (Å²) in [5, 5.41) is 3.95. The number of amides is 1. The second-order valence-electron chi connectivity index (χ2n) is 6.78. The number of nitrogens with zero attached hydrogens (tertiary/aromatic N) is 4. The van der Waals surface area contributed by atoms with Crippen molar-refractivity contribution in [3.63, 3.8) is 0 Å². The molecular formula is C18H24N4O3S. The first-order chi connectivity index (χ1) is 12.3. The molecule has 0 N–H and O–H groups in total. The zero-order valence-corrected chi connectivity index (χ0v) is 16.2. The number of hydrogen-bond donors (Lipinski definition) is 0. The molecule has 0 saturated carbocycles. The fourth-order valence-electron chi connectivity index (χ4n) is 3.30. The van der Waals surface area contributed by atoms with Crippen LogP contribution in [0, 0.1) is 13.8 Å². The Labute approximate surface area is 154 Å². The van der Waals surface area contributed by atoms with Gasteiger partial charge in [-0.3, -0.25) is 9.48 Å². The van der Waals surface area contributed by atoms with Crippen molar-refractivity contribution in [3.8, 4) is 0 Å². The van der Waals surface area contributed by atoms with Gasteiger partial charge in [-0.2, -0.15) is 9.40 Å². The summed E-state index contributed by atoms with van der Waals surface area (Å²) < 4.78 is 28.4. The predicted molar refractivity (Wildman–Crippen MR) is 98.4 cm³/mol. The Morgan fingerprint density at radius 2 is 1.73 bits per heavy atom. The average molecular weight is 376 g/mol. The molecule has 2 heterocycles. The van der Waals surface area contributed by atoms with E-state index in [4.69, 9.17) is 0 Å². The van der Waals surface area contributed by atoms with Gasteiger partial charge >= 0.3 is 0 Å². The highest BCUT2D eigenvalue weighted by Gasteiger charge is 2.29. The molecular weight excluding hydrogens is 352 g/mol. The van der Waals surface area contributed by atoms with E-state index in [9.17, 15) is 13.2 Å². The minimum Gasteiger partial charge on any atom is -0.337 e. The molecule has 0 bridgehead atoms. The van der Waals surface area contributed by atoms with Gasteiger partial charge in [-0.1, -0.05) is 17.2 Å². The van der Waals surface area contributed by atoms with Crippen molar-refractivity contribution in [2.24, 2.45) is 7.05 Å². The molecule has 1 aliphatic heterocycles.